The lowest BCUT2D eigenvalue weighted by Gasteiger charge is -2.32. The first-order valence-electron chi connectivity index (χ1n) is 8.10. The molecule has 2 amide bonds. The Morgan fingerprint density at radius 1 is 1.33 bits per heavy atom. The SMILES string of the molecule is CC(Cn1cncn1)NC(=O)NC1CCC2CCCC2C1. The van der Waals surface area contributed by atoms with E-state index in [0.29, 0.717) is 12.6 Å². The van der Waals surface area contributed by atoms with Crippen LogP contribution in [-0.2, 0) is 6.54 Å². The minimum absolute atomic E-state index is 0.0366. The number of amides is 2. The Kier molecular flexibility index (Phi) is 4.41. The molecule has 1 aromatic heterocycles. The van der Waals surface area contributed by atoms with Gasteiger partial charge in [0.15, 0.2) is 0 Å². The molecule has 6 heteroatoms. The number of nitrogens with one attached hydrogen (secondary N) is 2. The summed E-state index contributed by atoms with van der Waals surface area (Å²) in [6, 6.07) is 0.335. The highest BCUT2D eigenvalue weighted by molar-refractivity contribution is 5.74. The summed E-state index contributed by atoms with van der Waals surface area (Å²) in [5.74, 6) is 1.77. The number of rotatable bonds is 4. The Balaban J connectivity index is 1.41. The molecule has 116 valence electrons. The molecule has 6 nitrogen and oxygen atoms in total. The van der Waals surface area contributed by atoms with E-state index in [1.807, 2.05) is 6.92 Å². The van der Waals surface area contributed by atoms with Crippen LogP contribution in [0.2, 0.25) is 0 Å². The van der Waals surface area contributed by atoms with Crippen LogP contribution in [0.25, 0.3) is 0 Å². The van der Waals surface area contributed by atoms with Crippen LogP contribution in [0.4, 0.5) is 4.79 Å². The average Bonchev–Trinajstić information content (AvgIpc) is 3.08. The number of hydrogen-bond donors (Lipinski definition) is 2. The molecule has 2 aliphatic rings. The lowest BCUT2D eigenvalue weighted by molar-refractivity contribution is 0.205. The van der Waals surface area contributed by atoms with E-state index in [1.54, 1.807) is 11.0 Å². The molecule has 2 aliphatic carbocycles. The number of aromatic nitrogens is 3. The van der Waals surface area contributed by atoms with Gasteiger partial charge in [0.2, 0.25) is 0 Å². The third-order valence-electron chi connectivity index (χ3n) is 4.93. The zero-order valence-corrected chi connectivity index (χ0v) is 12.7. The van der Waals surface area contributed by atoms with Crippen LogP contribution in [0.15, 0.2) is 12.7 Å². The second-order valence-corrected chi connectivity index (χ2v) is 6.60. The van der Waals surface area contributed by atoms with E-state index < -0.39 is 0 Å². The average molecular weight is 291 g/mol. The highest BCUT2D eigenvalue weighted by Crippen LogP contribution is 2.41. The summed E-state index contributed by atoms with van der Waals surface area (Å²) >= 11 is 0. The summed E-state index contributed by atoms with van der Waals surface area (Å²) in [5, 5.41) is 10.2. The van der Waals surface area contributed by atoms with Gasteiger partial charge >= 0.3 is 6.03 Å². The molecule has 2 saturated carbocycles. The first kappa shape index (κ1) is 14.4. The second kappa shape index (κ2) is 6.45. The van der Waals surface area contributed by atoms with E-state index in [-0.39, 0.29) is 12.1 Å². The molecule has 0 saturated heterocycles. The van der Waals surface area contributed by atoms with Crippen molar-refractivity contribution in [2.75, 3.05) is 0 Å². The Bertz CT molecular complexity index is 461. The van der Waals surface area contributed by atoms with Crippen LogP contribution in [0.3, 0.4) is 0 Å². The van der Waals surface area contributed by atoms with Gasteiger partial charge in [0.05, 0.1) is 6.54 Å². The van der Waals surface area contributed by atoms with Gasteiger partial charge in [0, 0.05) is 12.1 Å². The predicted octanol–water partition coefficient (Wildman–Crippen LogP) is 1.93. The first-order valence-corrected chi connectivity index (χ1v) is 8.10. The summed E-state index contributed by atoms with van der Waals surface area (Å²) in [6.45, 7) is 2.62. The maximum Gasteiger partial charge on any atom is 0.315 e. The molecule has 2 fully saturated rings. The van der Waals surface area contributed by atoms with Crippen LogP contribution < -0.4 is 10.6 Å². The van der Waals surface area contributed by atoms with Gasteiger partial charge in [-0.1, -0.05) is 19.3 Å². The third-order valence-corrected chi connectivity index (χ3v) is 4.93. The fourth-order valence-electron chi connectivity index (χ4n) is 3.94. The predicted molar refractivity (Wildman–Crippen MR) is 79.6 cm³/mol. The van der Waals surface area contributed by atoms with Crippen LogP contribution >= 0.6 is 0 Å². The molecule has 3 rings (SSSR count). The molecule has 2 N–H and O–H groups in total. The third kappa shape index (κ3) is 3.74. The molecule has 0 aliphatic heterocycles. The summed E-state index contributed by atoms with van der Waals surface area (Å²) in [4.78, 5) is 16.0. The molecule has 1 heterocycles. The van der Waals surface area contributed by atoms with Crippen molar-refractivity contribution in [3.63, 3.8) is 0 Å². The lowest BCUT2D eigenvalue weighted by Crippen LogP contribution is -2.48. The number of nitrogens with zero attached hydrogens (tertiary/aromatic N) is 3. The van der Waals surface area contributed by atoms with Gasteiger partial charge in [-0.05, 0) is 38.0 Å². The van der Waals surface area contributed by atoms with E-state index in [2.05, 4.69) is 20.7 Å². The van der Waals surface area contributed by atoms with Crippen molar-refractivity contribution in [2.24, 2.45) is 11.8 Å². The smallest absolute Gasteiger partial charge is 0.315 e. The zero-order valence-electron chi connectivity index (χ0n) is 12.7. The minimum Gasteiger partial charge on any atom is -0.335 e. The zero-order chi connectivity index (χ0) is 14.7. The van der Waals surface area contributed by atoms with Crippen LogP contribution in [0, 0.1) is 11.8 Å². The number of urea groups is 1. The molecular formula is C15H25N5O. The summed E-state index contributed by atoms with van der Waals surface area (Å²) in [5.41, 5.74) is 0. The van der Waals surface area contributed by atoms with E-state index in [4.69, 9.17) is 0 Å². The Labute approximate surface area is 125 Å². The fourth-order valence-corrected chi connectivity index (χ4v) is 3.94. The molecule has 0 bridgehead atoms. The van der Waals surface area contributed by atoms with Gasteiger partial charge in [0.1, 0.15) is 12.7 Å². The summed E-state index contributed by atoms with van der Waals surface area (Å²) in [7, 11) is 0. The molecule has 4 atom stereocenters. The maximum absolute atomic E-state index is 12.1. The first-order chi connectivity index (χ1) is 10.2. The topological polar surface area (TPSA) is 71.8 Å². The van der Waals surface area contributed by atoms with Crippen LogP contribution in [0.1, 0.15) is 45.4 Å². The quantitative estimate of drug-likeness (QED) is 0.890. The Morgan fingerprint density at radius 3 is 3.00 bits per heavy atom. The number of fused-ring (bicyclic) bond motifs is 1. The fraction of sp³-hybridized carbons (Fsp3) is 0.800. The van der Waals surface area contributed by atoms with Crippen LogP contribution in [0.5, 0.6) is 0 Å². The monoisotopic (exact) mass is 291 g/mol. The highest BCUT2D eigenvalue weighted by Gasteiger charge is 2.34. The van der Waals surface area contributed by atoms with E-state index in [1.165, 1.54) is 32.0 Å². The Morgan fingerprint density at radius 2 is 2.19 bits per heavy atom. The van der Waals surface area contributed by atoms with Crippen molar-refractivity contribution in [1.29, 1.82) is 0 Å². The molecule has 1 aromatic rings. The molecule has 4 unspecified atom stereocenters. The van der Waals surface area contributed by atoms with Gasteiger partial charge in [-0.2, -0.15) is 5.10 Å². The second-order valence-electron chi connectivity index (χ2n) is 6.60. The van der Waals surface area contributed by atoms with Gasteiger partial charge in [-0.15, -0.1) is 0 Å². The van der Waals surface area contributed by atoms with Crippen molar-refractivity contribution < 1.29 is 4.79 Å². The van der Waals surface area contributed by atoms with Gasteiger partial charge in [-0.25, -0.2) is 9.78 Å². The maximum atomic E-state index is 12.1. The normalized spacial score (nSPS) is 29.7. The van der Waals surface area contributed by atoms with Gasteiger partial charge < -0.3 is 10.6 Å². The lowest BCUT2D eigenvalue weighted by atomic mass is 9.79. The standard InChI is InChI=1S/C15H25N5O/c1-11(8-20-10-16-9-17-20)18-15(21)19-14-6-5-12-3-2-4-13(12)7-14/h9-14H,2-8H2,1H3,(H2,18,19,21). The van der Waals surface area contributed by atoms with E-state index in [0.717, 1.165) is 24.7 Å². The van der Waals surface area contributed by atoms with E-state index >= 15 is 0 Å². The number of carbonyl (C=O) groups is 1. The van der Waals surface area contributed by atoms with Crippen molar-refractivity contribution in [1.82, 2.24) is 25.4 Å². The largest absolute Gasteiger partial charge is 0.335 e. The number of carbonyl (C=O) groups excluding carboxylic acids is 1. The van der Waals surface area contributed by atoms with Crippen molar-refractivity contribution >= 4 is 6.03 Å². The van der Waals surface area contributed by atoms with E-state index in [9.17, 15) is 4.79 Å². The molecule has 21 heavy (non-hydrogen) atoms. The van der Waals surface area contributed by atoms with Crippen molar-refractivity contribution in [2.45, 2.75) is 64.1 Å². The molecule has 0 aromatic carbocycles. The van der Waals surface area contributed by atoms with Crippen LogP contribution in [-0.4, -0.2) is 32.9 Å². The summed E-state index contributed by atoms with van der Waals surface area (Å²) in [6.07, 6.45) is 10.9. The molecule has 0 spiro atoms. The summed E-state index contributed by atoms with van der Waals surface area (Å²) < 4.78 is 1.73. The van der Waals surface area contributed by atoms with Crippen molar-refractivity contribution in [3.05, 3.63) is 12.7 Å². The van der Waals surface area contributed by atoms with Crippen molar-refractivity contribution in [3.8, 4) is 0 Å². The van der Waals surface area contributed by atoms with Gasteiger partial charge in [-0.3, -0.25) is 4.68 Å². The highest BCUT2D eigenvalue weighted by atomic mass is 16.2. The molecular weight excluding hydrogens is 266 g/mol. The Hall–Kier alpha value is -1.59. The van der Waals surface area contributed by atoms with Gasteiger partial charge in [0.25, 0.3) is 0 Å². The minimum atomic E-state index is -0.0518. The number of hydrogen-bond acceptors (Lipinski definition) is 3. The molecule has 0 radical (unpaired) electrons.